The molecule has 3 heteroatoms. The van der Waals surface area contributed by atoms with Gasteiger partial charge in [0.15, 0.2) is 0 Å². The second-order valence-electron chi connectivity index (χ2n) is 2.31. The fourth-order valence-electron chi connectivity index (χ4n) is 0.580. The molecule has 0 saturated carbocycles. The van der Waals surface area contributed by atoms with Crippen molar-refractivity contribution in [2.45, 2.75) is 26.8 Å². The second-order valence-corrected chi connectivity index (χ2v) is 2.31. The van der Waals surface area contributed by atoms with Gasteiger partial charge in [-0.1, -0.05) is 6.08 Å². The molecule has 2 N–H and O–H groups in total. The van der Waals surface area contributed by atoms with Gasteiger partial charge in [0.25, 0.3) is 0 Å². The zero-order valence-electron chi connectivity index (χ0n) is 6.51. The highest BCUT2D eigenvalue weighted by atomic mass is 16.4. The van der Waals surface area contributed by atoms with Gasteiger partial charge in [0, 0.05) is 6.04 Å². The van der Waals surface area contributed by atoms with Crippen molar-refractivity contribution >= 4 is 5.97 Å². The maximum atomic E-state index is 10.3. The minimum Gasteiger partial charge on any atom is -0.477 e. The fraction of sp³-hybridized carbons (Fsp3) is 0.571. The maximum Gasteiger partial charge on any atom is 0.351 e. The first-order chi connectivity index (χ1) is 4.57. The smallest absolute Gasteiger partial charge is 0.351 e. The van der Waals surface area contributed by atoms with Crippen LogP contribution >= 0.6 is 0 Å². The fourth-order valence-corrected chi connectivity index (χ4v) is 0.580. The lowest BCUT2D eigenvalue weighted by molar-refractivity contribution is -0.133. The molecule has 0 atom stereocenters. The summed E-state index contributed by atoms with van der Waals surface area (Å²) in [5.74, 6) is -0.906. The molecular weight excluding hydrogens is 130 g/mol. The summed E-state index contributed by atoms with van der Waals surface area (Å²) in [6.45, 7) is 5.48. The molecular formula is C7H13NO2. The van der Waals surface area contributed by atoms with Crippen LogP contribution in [0.1, 0.15) is 20.8 Å². The molecule has 0 bridgehead atoms. The number of aliphatic carboxylic acids is 1. The van der Waals surface area contributed by atoms with Crippen LogP contribution in [-0.4, -0.2) is 17.1 Å². The molecule has 0 aromatic carbocycles. The molecule has 0 aliphatic rings. The predicted molar refractivity (Wildman–Crippen MR) is 39.7 cm³/mol. The number of carboxylic acids is 1. The summed E-state index contributed by atoms with van der Waals surface area (Å²) in [7, 11) is 0. The first-order valence-electron chi connectivity index (χ1n) is 3.24. The number of nitrogens with one attached hydrogen (secondary N) is 1. The normalized spacial score (nSPS) is 11.8. The van der Waals surface area contributed by atoms with Crippen LogP contribution in [0.4, 0.5) is 0 Å². The third kappa shape index (κ3) is 3.12. The van der Waals surface area contributed by atoms with Gasteiger partial charge in [0.1, 0.15) is 5.70 Å². The number of carbonyl (C=O) groups is 1. The van der Waals surface area contributed by atoms with Gasteiger partial charge >= 0.3 is 5.97 Å². The summed E-state index contributed by atoms with van der Waals surface area (Å²) in [6, 6.07) is 0.169. The van der Waals surface area contributed by atoms with Crippen LogP contribution in [0.5, 0.6) is 0 Å². The largest absolute Gasteiger partial charge is 0.477 e. The zero-order chi connectivity index (χ0) is 8.15. The minimum atomic E-state index is -0.906. The molecule has 0 saturated heterocycles. The molecule has 0 unspecified atom stereocenters. The Hall–Kier alpha value is -0.990. The summed E-state index contributed by atoms with van der Waals surface area (Å²) in [4.78, 5) is 10.3. The van der Waals surface area contributed by atoms with Crippen LogP contribution in [0, 0.1) is 0 Å². The molecule has 0 fully saturated rings. The SMILES string of the molecule is CC=C(NC(C)C)C(=O)O. The van der Waals surface area contributed by atoms with Crippen molar-refractivity contribution in [2.75, 3.05) is 0 Å². The highest BCUT2D eigenvalue weighted by molar-refractivity contribution is 5.85. The lowest BCUT2D eigenvalue weighted by Gasteiger charge is -2.08. The Labute approximate surface area is 60.7 Å². The Morgan fingerprint density at radius 2 is 2.10 bits per heavy atom. The van der Waals surface area contributed by atoms with Crippen molar-refractivity contribution in [2.24, 2.45) is 0 Å². The third-order valence-electron chi connectivity index (χ3n) is 0.963. The molecule has 0 aliphatic carbocycles. The Balaban J connectivity index is 3.99. The van der Waals surface area contributed by atoms with E-state index in [9.17, 15) is 4.79 Å². The minimum absolute atomic E-state index is 0.169. The van der Waals surface area contributed by atoms with E-state index in [4.69, 9.17) is 5.11 Å². The van der Waals surface area contributed by atoms with Crippen LogP contribution in [-0.2, 0) is 4.79 Å². The summed E-state index contributed by atoms with van der Waals surface area (Å²) >= 11 is 0. The van der Waals surface area contributed by atoms with Crippen LogP contribution in [0.2, 0.25) is 0 Å². The van der Waals surface area contributed by atoms with E-state index in [1.807, 2.05) is 13.8 Å². The topological polar surface area (TPSA) is 49.3 Å². The first-order valence-corrected chi connectivity index (χ1v) is 3.24. The summed E-state index contributed by atoms with van der Waals surface area (Å²) < 4.78 is 0. The Bertz CT molecular complexity index is 150. The van der Waals surface area contributed by atoms with Crippen molar-refractivity contribution in [3.05, 3.63) is 11.8 Å². The number of hydrogen-bond donors (Lipinski definition) is 2. The summed E-state index contributed by atoms with van der Waals surface area (Å²) in [5, 5.41) is 11.3. The van der Waals surface area contributed by atoms with E-state index in [1.54, 1.807) is 13.0 Å². The molecule has 0 spiro atoms. The highest BCUT2D eigenvalue weighted by Crippen LogP contribution is 1.90. The summed E-state index contributed by atoms with van der Waals surface area (Å²) in [6.07, 6.45) is 1.54. The van der Waals surface area contributed by atoms with E-state index in [2.05, 4.69) is 5.32 Å². The van der Waals surface area contributed by atoms with Gasteiger partial charge in [-0.05, 0) is 20.8 Å². The molecule has 0 heterocycles. The molecule has 0 aromatic rings. The maximum absolute atomic E-state index is 10.3. The number of rotatable bonds is 3. The molecule has 10 heavy (non-hydrogen) atoms. The molecule has 0 aliphatic heterocycles. The molecule has 0 rings (SSSR count). The van der Waals surface area contributed by atoms with Gasteiger partial charge in [-0.2, -0.15) is 0 Å². The van der Waals surface area contributed by atoms with E-state index in [0.717, 1.165) is 0 Å². The van der Waals surface area contributed by atoms with Crippen molar-refractivity contribution in [1.82, 2.24) is 5.32 Å². The Morgan fingerprint density at radius 1 is 1.60 bits per heavy atom. The van der Waals surface area contributed by atoms with Crippen molar-refractivity contribution in [1.29, 1.82) is 0 Å². The lowest BCUT2D eigenvalue weighted by atomic mass is 10.3. The average molecular weight is 143 g/mol. The van der Waals surface area contributed by atoms with Crippen LogP contribution < -0.4 is 5.32 Å². The standard InChI is InChI=1S/C7H13NO2/c1-4-6(7(9)10)8-5(2)3/h4-5,8H,1-3H3,(H,9,10). The van der Waals surface area contributed by atoms with Crippen LogP contribution in [0.15, 0.2) is 11.8 Å². The van der Waals surface area contributed by atoms with Crippen LogP contribution in [0.3, 0.4) is 0 Å². The van der Waals surface area contributed by atoms with E-state index in [1.165, 1.54) is 0 Å². The van der Waals surface area contributed by atoms with Gasteiger partial charge in [-0.25, -0.2) is 4.79 Å². The van der Waals surface area contributed by atoms with Gasteiger partial charge in [-0.15, -0.1) is 0 Å². The first kappa shape index (κ1) is 9.01. The average Bonchev–Trinajstić information content (AvgIpc) is 1.81. The number of carboxylic acid groups (broad SMARTS) is 1. The highest BCUT2D eigenvalue weighted by Gasteiger charge is 2.04. The lowest BCUT2D eigenvalue weighted by Crippen LogP contribution is -2.26. The predicted octanol–water partition coefficient (Wildman–Crippen LogP) is 0.973. The van der Waals surface area contributed by atoms with E-state index >= 15 is 0 Å². The van der Waals surface area contributed by atoms with E-state index in [0.29, 0.717) is 0 Å². The molecule has 0 radical (unpaired) electrons. The molecule has 3 nitrogen and oxygen atoms in total. The quantitative estimate of drug-likeness (QED) is 0.579. The van der Waals surface area contributed by atoms with Gasteiger partial charge in [-0.3, -0.25) is 0 Å². The second kappa shape index (κ2) is 3.93. The van der Waals surface area contributed by atoms with E-state index < -0.39 is 5.97 Å². The van der Waals surface area contributed by atoms with Crippen molar-refractivity contribution < 1.29 is 9.90 Å². The third-order valence-corrected chi connectivity index (χ3v) is 0.963. The molecule has 0 amide bonds. The summed E-state index contributed by atoms with van der Waals surface area (Å²) in [5.41, 5.74) is 0.259. The monoisotopic (exact) mass is 143 g/mol. The van der Waals surface area contributed by atoms with E-state index in [-0.39, 0.29) is 11.7 Å². The molecule has 0 aromatic heterocycles. The van der Waals surface area contributed by atoms with Gasteiger partial charge < -0.3 is 10.4 Å². The van der Waals surface area contributed by atoms with Crippen LogP contribution in [0.25, 0.3) is 0 Å². The van der Waals surface area contributed by atoms with Gasteiger partial charge in [0.05, 0.1) is 0 Å². The zero-order valence-corrected chi connectivity index (χ0v) is 6.51. The van der Waals surface area contributed by atoms with Crippen molar-refractivity contribution in [3.63, 3.8) is 0 Å². The molecule has 58 valence electrons. The number of allylic oxidation sites excluding steroid dienone is 1. The Kier molecular flexibility index (Phi) is 3.54. The van der Waals surface area contributed by atoms with Crippen molar-refractivity contribution in [3.8, 4) is 0 Å². The Morgan fingerprint density at radius 3 is 2.20 bits per heavy atom. The number of hydrogen-bond acceptors (Lipinski definition) is 2. The van der Waals surface area contributed by atoms with Gasteiger partial charge in [0.2, 0.25) is 0 Å².